The Kier molecular flexibility index (Phi) is 4.76. The normalized spacial score (nSPS) is 10.6. The molecule has 24 heavy (non-hydrogen) atoms. The zero-order valence-corrected chi connectivity index (χ0v) is 14.9. The number of pyridine rings is 1. The average molecular weight is 336 g/mol. The van der Waals surface area contributed by atoms with Gasteiger partial charge in [-0.05, 0) is 55.0 Å². The third-order valence-corrected chi connectivity index (χ3v) is 4.71. The second-order valence-electron chi connectivity index (χ2n) is 5.98. The Bertz CT molecular complexity index is 846. The van der Waals surface area contributed by atoms with E-state index in [1.54, 1.807) is 17.5 Å². The number of aromatic nitrogens is 1. The van der Waals surface area contributed by atoms with Crippen molar-refractivity contribution in [3.8, 4) is 11.3 Å². The summed E-state index contributed by atoms with van der Waals surface area (Å²) < 4.78 is 0. The van der Waals surface area contributed by atoms with E-state index in [0.717, 1.165) is 33.5 Å². The van der Waals surface area contributed by atoms with Gasteiger partial charge in [0.05, 0.1) is 5.69 Å². The van der Waals surface area contributed by atoms with Crippen LogP contribution >= 0.6 is 11.3 Å². The van der Waals surface area contributed by atoms with Crippen molar-refractivity contribution in [2.75, 3.05) is 0 Å². The van der Waals surface area contributed by atoms with E-state index in [4.69, 9.17) is 0 Å². The minimum atomic E-state index is -0.0369. The van der Waals surface area contributed by atoms with Crippen LogP contribution in [0.4, 0.5) is 0 Å². The summed E-state index contributed by atoms with van der Waals surface area (Å²) >= 11 is 1.64. The third-order valence-electron chi connectivity index (χ3n) is 4.03. The highest BCUT2D eigenvalue weighted by Gasteiger charge is 2.14. The summed E-state index contributed by atoms with van der Waals surface area (Å²) in [5.74, 6) is -0.0369. The zero-order valence-electron chi connectivity index (χ0n) is 14.1. The van der Waals surface area contributed by atoms with Crippen LogP contribution in [0.2, 0.25) is 0 Å². The number of aryl methyl sites for hydroxylation is 3. The summed E-state index contributed by atoms with van der Waals surface area (Å²) in [6.07, 6.45) is 1.78. The van der Waals surface area contributed by atoms with Gasteiger partial charge in [-0.15, -0.1) is 0 Å². The lowest BCUT2D eigenvalue weighted by molar-refractivity contribution is 0.0949. The van der Waals surface area contributed by atoms with Gasteiger partial charge in [0.25, 0.3) is 5.91 Å². The first-order chi connectivity index (χ1) is 11.6. The van der Waals surface area contributed by atoms with Gasteiger partial charge in [-0.1, -0.05) is 23.8 Å². The largest absolute Gasteiger partial charge is 0.348 e. The van der Waals surface area contributed by atoms with E-state index in [0.29, 0.717) is 6.54 Å². The number of hydrogen-bond donors (Lipinski definition) is 1. The van der Waals surface area contributed by atoms with E-state index in [2.05, 4.69) is 15.7 Å². The molecule has 0 spiro atoms. The first-order valence-electron chi connectivity index (χ1n) is 7.89. The van der Waals surface area contributed by atoms with Crippen LogP contribution in [0.15, 0.2) is 47.3 Å². The number of benzene rings is 1. The molecule has 0 fully saturated rings. The molecular formula is C20H20N2OS. The lowest BCUT2D eigenvalue weighted by atomic mass is 9.99. The molecule has 2 heterocycles. The van der Waals surface area contributed by atoms with Crippen LogP contribution in [0.1, 0.15) is 32.6 Å². The molecule has 1 N–H and O–H groups in total. The molecular weight excluding hydrogens is 316 g/mol. The summed E-state index contributed by atoms with van der Waals surface area (Å²) in [5, 5.41) is 7.15. The molecule has 0 aliphatic rings. The lowest BCUT2D eigenvalue weighted by Gasteiger charge is -2.13. The average Bonchev–Trinajstić information content (AvgIpc) is 3.06. The van der Waals surface area contributed by atoms with Gasteiger partial charge in [0, 0.05) is 29.2 Å². The predicted molar refractivity (Wildman–Crippen MR) is 99.4 cm³/mol. The first-order valence-corrected chi connectivity index (χ1v) is 8.83. The van der Waals surface area contributed by atoms with Gasteiger partial charge in [0.1, 0.15) is 0 Å². The quantitative estimate of drug-likeness (QED) is 0.752. The van der Waals surface area contributed by atoms with Crippen molar-refractivity contribution in [1.29, 1.82) is 0 Å². The molecule has 1 amide bonds. The van der Waals surface area contributed by atoms with Crippen molar-refractivity contribution in [3.63, 3.8) is 0 Å². The summed E-state index contributed by atoms with van der Waals surface area (Å²) in [6, 6.07) is 10.0. The van der Waals surface area contributed by atoms with Crippen LogP contribution in [-0.2, 0) is 6.54 Å². The molecule has 0 atom stereocenters. The smallest absolute Gasteiger partial charge is 0.252 e. The topological polar surface area (TPSA) is 42.0 Å². The highest BCUT2D eigenvalue weighted by Crippen LogP contribution is 2.23. The van der Waals surface area contributed by atoms with Crippen molar-refractivity contribution in [1.82, 2.24) is 10.3 Å². The number of carbonyl (C=O) groups excluding carboxylic acids is 1. The van der Waals surface area contributed by atoms with Gasteiger partial charge in [0.15, 0.2) is 0 Å². The van der Waals surface area contributed by atoms with E-state index in [1.807, 2.05) is 56.5 Å². The van der Waals surface area contributed by atoms with Crippen molar-refractivity contribution in [2.45, 2.75) is 27.3 Å². The van der Waals surface area contributed by atoms with Crippen LogP contribution in [0, 0.1) is 20.8 Å². The molecule has 0 saturated carbocycles. The van der Waals surface area contributed by atoms with Gasteiger partial charge >= 0.3 is 0 Å². The monoisotopic (exact) mass is 336 g/mol. The van der Waals surface area contributed by atoms with E-state index in [-0.39, 0.29) is 5.91 Å². The maximum absolute atomic E-state index is 12.6. The summed E-state index contributed by atoms with van der Waals surface area (Å²) in [6.45, 7) is 6.47. The molecule has 0 radical (unpaired) electrons. The highest BCUT2D eigenvalue weighted by atomic mass is 32.1. The van der Waals surface area contributed by atoms with Gasteiger partial charge in [-0.25, -0.2) is 0 Å². The first kappa shape index (κ1) is 16.4. The SMILES string of the molecule is Cc1cc(C)c(C(=O)NCc2cccnc2-c2ccsc2)c(C)c1. The zero-order chi connectivity index (χ0) is 17.1. The Morgan fingerprint density at radius 2 is 1.92 bits per heavy atom. The number of nitrogens with one attached hydrogen (secondary N) is 1. The maximum Gasteiger partial charge on any atom is 0.252 e. The summed E-state index contributed by atoms with van der Waals surface area (Å²) in [7, 11) is 0. The number of amides is 1. The van der Waals surface area contributed by atoms with Crippen LogP contribution in [0.25, 0.3) is 11.3 Å². The van der Waals surface area contributed by atoms with Crippen LogP contribution in [0.3, 0.4) is 0 Å². The number of rotatable bonds is 4. The maximum atomic E-state index is 12.6. The molecule has 1 aromatic carbocycles. The molecule has 2 aromatic heterocycles. The van der Waals surface area contributed by atoms with E-state index < -0.39 is 0 Å². The summed E-state index contributed by atoms with van der Waals surface area (Å²) in [5.41, 5.74) is 6.99. The van der Waals surface area contributed by atoms with Gasteiger partial charge < -0.3 is 5.32 Å². The van der Waals surface area contributed by atoms with Gasteiger partial charge in [-0.3, -0.25) is 9.78 Å². The molecule has 0 saturated heterocycles. The number of thiophene rings is 1. The van der Waals surface area contributed by atoms with Crippen molar-refractivity contribution in [2.24, 2.45) is 0 Å². The lowest BCUT2D eigenvalue weighted by Crippen LogP contribution is -2.25. The van der Waals surface area contributed by atoms with Crippen molar-refractivity contribution >= 4 is 17.2 Å². The Morgan fingerprint density at radius 3 is 2.58 bits per heavy atom. The molecule has 4 heteroatoms. The second kappa shape index (κ2) is 6.97. The Labute approximate surface area is 146 Å². The van der Waals surface area contributed by atoms with Crippen LogP contribution in [-0.4, -0.2) is 10.9 Å². The highest BCUT2D eigenvalue weighted by molar-refractivity contribution is 7.08. The fourth-order valence-electron chi connectivity index (χ4n) is 3.04. The molecule has 3 aromatic rings. The van der Waals surface area contributed by atoms with E-state index in [9.17, 15) is 4.79 Å². The minimum Gasteiger partial charge on any atom is -0.348 e. The molecule has 122 valence electrons. The van der Waals surface area contributed by atoms with Crippen LogP contribution in [0.5, 0.6) is 0 Å². The third kappa shape index (κ3) is 3.39. The predicted octanol–water partition coefficient (Wildman–Crippen LogP) is 4.67. The number of nitrogens with zero attached hydrogens (tertiary/aromatic N) is 1. The molecule has 3 rings (SSSR count). The molecule has 0 unspecified atom stereocenters. The molecule has 0 aliphatic carbocycles. The Hall–Kier alpha value is -2.46. The molecule has 0 aliphatic heterocycles. The standard InChI is InChI=1S/C20H20N2OS/c1-13-9-14(2)18(15(3)10-13)20(23)22-11-16-5-4-7-21-19(16)17-6-8-24-12-17/h4-10,12H,11H2,1-3H3,(H,22,23). The summed E-state index contributed by atoms with van der Waals surface area (Å²) in [4.78, 5) is 17.1. The van der Waals surface area contributed by atoms with Crippen molar-refractivity contribution in [3.05, 3.63) is 75.1 Å². The fraction of sp³-hybridized carbons (Fsp3) is 0.200. The fourth-order valence-corrected chi connectivity index (χ4v) is 3.68. The number of hydrogen-bond acceptors (Lipinski definition) is 3. The molecule has 3 nitrogen and oxygen atoms in total. The van der Waals surface area contributed by atoms with Gasteiger partial charge in [0.2, 0.25) is 0 Å². The molecule has 0 bridgehead atoms. The van der Waals surface area contributed by atoms with E-state index >= 15 is 0 Å². The van der Waals surface area contributed by atoms with Crippen LogP contribution < -0.4 is 5.32 Å². The van der Waals surface area contributed by atoms with E-state index in [1.165, 1.54) is 5.56 Å². The Morgan fingerprint density at radius 1 is 1.17 bits per heavy atom. The van der Waals surface area contributed by atoms with Crippen molar-refractivity contribution < 1.29 is 4.79 Å². The second-order valence-corrected chi connectivity index (χ2v) is 6.76. The minimum absolute atomic E-state index is 0.0369. The number of carbonyl (C=O) groups is 1. The van der Waals surface area contributed by atoms with Gasteiger partial charge in [-0.2, -0.15) is 11.3 Å². The Balaban J connectivity index is 1.81.